The van der Waals surface area contributed by atoms with Gasteiger partial charge in [-0.1, -0.05) is 12.1 Å². The minimum absolute atomic E-state index is 0.331. The first-order chi connectivity index (χ1) is 7.27. The lowest BCUT2D eigenvalue weighted by atomic mass is 10.1. The largest absolute Gasteiger partial charge is 0.465 e. The standard InChI is InChI=1S/C11H11NO2S/c1-14-11(13)10-4-2-3-9(7-10)8-15-6-5-12/h2-4,7H,6,8H2,1H3. The lowest BCUT2D eigenvalue weighted by molar-refractivity contribution is 0.0600. The lowest BCUT2D eigenvalue weighted by Gasteiger charge is -2.02. The van der Waals surface area contributed by atoms with Crippen LogP contribution < -0.4 is 0 Å². The molecule has 0 heterocycles. The minimum atomic E-state index is -0.331. The maximum atomic E-state index is 11.2. The van der Waals surface area contributed by atoms with Crippen molar-refractivity contribution in [2.24, 2.45) is 0 Å². The Labute approximate surface area is 93.0 Å². The Morgan fingerprint density at radius 3 is 3.07 bits per heavy atom. The summed E-state index contributed by atoms with van der Waals surface area (Å²) in [6.07, 6.45) is 0. The van der Waals surface area contributed by atoms with E-state index in [2.05, 4.69) is 10.8 Å². The molecule has 1 aromatic rings. The van der Waals surface area contributed by atoms with Crippen LogP contribution in [0.15, 0.2) is 24.3 Å². The van der Waals surface area contributed by atoms with Gasteiger partial charge in [0.05, 0.1) is 24.5 Å². The molecule has 0 aliphatic rings. The van der Waals surface area contributed by atoms with Crippen molar-refractivity contribution in [2.75, 3.05) is 12.9 Å². The van der Waals surface area contributed by atoms with Gasteiger partial charge in [0.1, 0.15) is 0 Å². The molecule has 78 valence electrons. The number of thioether (sulfide) groups is 1. The van der Waals surface area contributed by atoms with E-state index >= 15 is 0 Å². The number of carbonyl (C=O) groups is 1. The van der Waals surface area contributed by atoms with Crippen LogP contribution in [0.3, 0.4) is 0 Å². The average molecular weight is 221 g/mol. The van der Waals surface area contributed by atoms with Crippen molar-refractivity contribution in [3.8, 4) is 6.07 Å². The zero-order valence-corrected chi connectivity index (χ0v) is 9.21. The molecule has 0 aliphatic carbocycles. The molecule has 0 saturated carbocycles. The summed E-state index contributed by atoms with van der Waals surface area (Å²) >= 11 is 1.52. The highest BCUT2D eigenvalue weighted by Crippen LogP contribution is 2.13. The second-order valence-corrected chi connectivity index (χ2v) is 3.83. The predicted molar refractivity (Wildman–Crippen MR) is 59.6 cm³/mol. The molecule has 0 aliphatic heterocycles. The molecule has 1 aromatic carbocycles. The minimum Gasteiger partial charge on any atom is -0.465 e. The van der Waals surface area contributed by atoms with Crippen molar-refractivity contribution in [1.82, 2.24) is 0 Å². The Hall–Kier alpha value is -1.47. The first kappa shape index (κ1) is 11.6. The number of esters is 1. The second-order valence-electron chi connectivity index (χ2n) is 2.84. The molecule has 0 aromatic heterocycles. The van der Waals surface area contributed by atoms with Crippen LogP contribution in [-0.4, -0.2) is 18.8 Å². The molecule has 0 unspecified atom stereocenters. The van der Waals surface area contributed by atoms with Crippen molar-refractivity contribution < 1.29 is 9.53 Å². The summed E-state index contributed by atoms with van der Waals surface area (Å²) in [6, 6.07) is 9.30. The molecule has 0 spiro atoms. The van der Waals surface area contributed by atoms with Gasteiger partial charge in [-0.2, -0.15) is 5.26 Å². The van der Waals surface area contributed by atoms with E-state index in [1.54, 1.807) is 12.1 Å². The fourth-order valence-electron chi connectivity index (χ4n) is 1.12. The van der Waals surface area contributed by atoms with Gasteiger partial charge < -0.3 is 4.74 Å². The number of hydrogen-bond acceptors (Lipinski definition) is 4. The van der Waals surface area contributed by atoms with Crippen molar-refractivity contribution >= 4 is 17.7 Å². The Bertz CT molecular complexity index is 384. The third-order valence-corrected chi connectivity index (χ3v) is 2.65. The quantitative estimate of drug-likeness (QED) is 0.578. The molecular formula is C11H11NO2S. The fraction of sp³-hybridized carbons (Fsp3) is 0.273. The molecule has 15 heavy (non-hydrogen) atoms. The highest BCUT2D eigenvalue weighted by Gasteiger charge is 2.05. The summed E-state index contributed by atoms with van der Waals surface area (Å²) in [7, 11) is 1.36. The van der Waals surface area contributed by atoms with E-state index in [1.807, 2.05) is 12.1 Å². The maximum absolute atomic E-state index is 11.2. The number of carbonyl (C=O) groups excluding carboxylic acids is 1. The van der Waals surface area contributed by atoms with Crippen LogP contribution in [-0.2, 0) is 10.5 Å². The van der Waals surface area contributed by atoms with Crippen LogP contribution >= 0.6 is 11.8 Å². The zero-order valence-electron chi connectivity index (χ0n) is 8.40. The number of nitriles is 1. The number of methoxy groups -OCH3 is 1. The van der Waals surface area contributed by atoms with Crippen molar-refractivity contribution in [3.63, 3.8) is 0 Å². The van der Waals surface area contributed by atoms with Crippen molar-refractivity contribution in [3.05, 3.63) is 35.4 Å². The zero-order chi connectivity index (χ0) is 11.1. The number of benzene rings is 1. The molecule has 0 N–H and O–H groups in total. The molecular weight excluding hydrogens is 210 g/mol. The van der Waals surface area contributed by atoms with E-state index in [-0.39, 0.29) is 5.97 Å². The topological polar surface area (TPSA) is 50.1 Å². The third-order valence-electron chi connectivity index (χ3n) is 1.78. The molecule has 4 heteroatoms. The third kappa shape index (κ3) is 3.64. The van der Waals surface area contributed by atoms with E-state index < -0.39 is 0 Å². The van der Waals surface area contributed by atoms with E-state index in [0.717, 1.165) is 11.3 Å². The van der Waals surface area contributed by atoms with Crippen LogP contribution in [0.5, 0.6) is 0 Å². The molecule has 1 rings (SSSR count). The Balaban J connectivity index is 2.66. The van der Waals surface area contributed by atoms with Gasteiger partial charge in [-0.15, -0.1) is 11.8 Å². The average Bonchev–Trinajstić information content (AvgIpc) is 2.29. The highest BCUT2D eigenvalue weighted by molar-refractivity contribution is 7.98. The maximum Gasteiger partial charge on any atom is 0.337 e. The van der Waals surface area contributed by atoms with Gasteiger partial charge in [0.2, 0.25) is 0 Å². The molecule has 0 bridgehead atoms. The first-order valence-corrected chi connectivity index (χ1v) is 5.55. The summed E-state index contributed by atoms with van der Waals surface area (Å²) in [5, 5.41) is 8.38. The number of rotatable bonds is 4. The molecule has 0 saturated heterocycles. The molecule has 0 atom stereocenters. The van der Waals surface area contributed by atoms with E-state index in [4.69, 9.17) is 5.26 Å². The smallest absolute Gasteiger partial charge is 0.337 e. The van der Waals surface area contributed by atoms with Gasteiger partial charge in [0, 0.05) is 5.75 Å². The number of nitrogens with zero attached hydrogens (tertiary/aromatic N) is 1. The Morgan fingerprint density at radius 1 is 1.60 bits per heavy atom. The first-order valence-electron chi connectivity index (χ1n) is 4.40. The lowest BCUT2D eigenvalue weighted by Crippen LogP contribution is -2.01. The van der Waals surface area contributed by atoms with Gasteiger partial charge in [0.15, 0.2) is 0 Å². The highest BCUT2D eigenvalue weighted by atomic mass is 32.2. The molecule has 3 nitrogen and oxygen atoms in total. The van der Waals surface area contributed by atoms with Crippen molar-refractivity contribution in [2.45, 2.75) is 5.75 Å². The summed E-state index contributed by atoms with van der Waals surface area (Å²) in [4.78, 5) is 11.2. The second kappa shape index (κ2) is 6.10. The summed E-state index contributed by atoms with van der Waals surface area (Å²) in [5.41, 5.74) is 1.57. The van der Waals surface area contributed by atoms with Gasteiger partial charge in [-0.05, 0) is 17.7 Å². The van der Waals surface area contributed by atoms with E-state index in [1.165, 1.54) is 18.9 Å². The van der Waals surface area contributed by atoms with E-state index in [9.17, 15) is 4.79 Å². The summed E-state index contributed by atoms with van der Waals surface area (Å²) in [6.45, 7) is 0. The van der Waals surface area contributed by atoms with Crippen LogP contribution in [0.2, 0.25) is 0 Å². The van der Waals surface area contributed by atoms with Gasteiger partial charge in [0.25, 0.3) is 0 Å². The van der Waals surface area contributed by atoms with Crippen LogP contribution in [0.1, 0.15) is 15.9 Å². The van der Waals surface area contributed by atoms with Crippen molar-refractivity contribution in [1.29, 1.82) is 5.26 Å². The number of hydrogen-bond donors (Lipinski definition) is 0. The molecule has 0 radical (unpaired) electrons. The van der Waals surface area contributed by atoms with Gasteiger partial charge >= 0.3 is 5.97 Å². The monoisotopic (exact) mass is 221 g/mol. The van der Waals surface area contributed by atoms with Crippen LogP contribution in [0, 0.1) is 11.3 Å². The normalized spacial score (nSPS) is 9.33. The van der Waals surface area contributed by atoms with Crippen LogP contribution in [0.4, 0.5) is 0 Å². The molecule has 0 fully saturated rings. The van der Waals surface area contributed by atoms with Gasteiger partial charge in [-0.3, -0.25) is 0 Å². The van der Waals surface area contributed by atoms with Gasteiger partial charge in [-0.25, -0.2) is 4.79 Å². The predicted octanol–water partition coefficient (Wildman–Crippen LogP) is 2.23. The summed E-state index contributed by atoms with van der Waals surface area (Å²) < 4.78 is 4.62. The Kier molecular flexibility index (Phi) is 4.72. The fourth-order valence-corrected chi connectivity index (χ4v) is 1.73. The Morgan fingerprint density at radius 2 is 2.40 bits per heavy atom. The van der Waals surface area contributed by atoms with Crippen LogP contribution in [0.25, 0.3) is 0 Å². The van der Waals surface area contributed by atoms with E-state index in [0.29, 0.717) is 11.3 Å². The SMILES string of the molecule is COC(=O)c1cccc(CSCC#N)c1. The molecule has 0 amide bonds. The number of ether oxygens (including phenoxy) is 1. The summed E-state index contributed by atoms with van der Waals surface area (Å²) in [5.74, 6) is 0.864.